The number of hydrogen-bond donors (Lipinski definition) is 2. The molecule has 0 aliphatic rings. The molecule has 0 bridgehead atoms. The summed E-state index contributed by atoms with van der Waals surface area (Å²) in [5.74, 6) is -2.75. The SMILES string of the molecule is CC(C#N)C(=O)O/N=C/C(=O)NC(=O)NCCCCCC#N. The predicted octanol–water partition coefficient (Wildman–Crippen LogP) is 0.585. The Morgan fingerprint density at radius 3 is 2.64 bits per heavy atom. The average molecular weight is 307 g/mol. The third-order valence-corrected chi connectivity index (χ3v) is 2.35. The molecule has 118 valence electrons. The van der Waals surface area contributed by atoms with E-state index in [1.807, 2.05) is 11.4 Å². The van der Waals surface area contributed by atoms with Gasteiger partial charge in [-0.3, -0.25) is 10.1 Å². The van der Waals surface area contributed by atoms with Crippen molar-refractivity contribution in [3.8, 4) is 12.1 Å². The molecule has 0 radical (unpaired) electrons. The summed E-state index contributed by atoms with van der Waals surface area (Å²) in [7, 11) is 0. The Kier molecular flexibility index (Phi) is 10.3. The minimum atomic E-state index is -0.996. The summed E-state index contributed by atoms with van der Waals surface area (Å²) >= 11 is 0. The van der Waals surface area contributed by atoms with Crippen molar-refractivity contribution in [3.05, 3.63) is 0 Å². The van der Waals surface area contributed by atoms with E-state index in [0.29, 0.717) is 25.6 Å². The van der Waals surface area contributed by atoms with Crippen molar-refractivity contribution in [2.75, 3.05) is 6.54 Å². The standard InChI is InChI=1S/C13H17N5O4/c1-10(8-15)12(20)22-17-9-11(19)18-13(21)16-7-5-3-2-4-6-14/h9-10H,2-5,7H2,1H3,(H2,16,18,19,21)/b17-9+. The first-order chi connectivity index (χ1) is 10.5. The maximum atomic E-state index is 11.3. The van der Waals surface area contributed by atoms with Crippen LogP contribution in [-0.4, -0.2) is 30.7 Å². The second kappa shape index (κ2) is 11.9. The van der Waals surface area contributed by atoms with Crippen LogP contribution in [0.25, 0.3) is 0 Å². The number of oxime groups is 1. The van der Waals surface area contributed by atoms with E-state index >= 15 is 0 Å². The maximum absolute atomic E-state index is 11.3. The van der Waals surface area contributed by atoms with Crippen molar-refractivity contribution in [2.24, 2.45) is 11.1 Å². The number of nitrogens with one attached hydrogen (secondary N) is 2. The van der Waals surface area contributed by atoms with Crippen LogP contribution in [0, 0.1) is 28.6 Å². The lowest BCUT2D eigenvalue weighted by Crippen LogP contribution is -2.40. The first-order valence-electron chi connectivity index (χ1n) is 6.60. The zero-order valence-corrected chi connectivity index (χ0v) is 12.2. The van der Waals surface area contributed by atoms with Crippen molar-refractivity contribution >= 4 is 24.1 Å². The van der Waals surface area contributed by atoms with Crippen LogP contribution in [0.2, 0.25) is 0 Å². The molecule has 0 aliphatic carbocycles. The predicted molar refractivity (Wildman–Crippen MR) is 75.0 cm³/mol. The Morgan fingerprint density at radius 1 is 1.27 bits per heavy atom. The Morgan fingerprint density at radius 2 is 2.00 bits per heavy atom. The number of nitrogens with zero attached hydrogens (tertiary/aromatic N) is 3. The Hall–Kier alpha value is -2.94. The maximum Gasteiger partial charge on any atom is 0.351 e. The summed E-state index contributed by atoms with van der Waals surface area (Å²) in [6.45, 7) is 1.69. The number of amides is 3. The highest BCUT2D eigenvalue weighted by atomic mass is 16.7. The summed E-state index contributed by atoms with van der Waals surface area (Å²) in [6, 6.07) is 2.96. The van der Waals surface area contributed by atoms with Crippen LogP contribution in [0.15, 0.2) is 5.16 Å². The van der Waals surface area contributed by atoms with E-state index < -0.39 is 23.8 Å². The van der Waals surface area contributed by atoms with E-state index in [0.717, 1.165) is 12.8 Å². The van der Waals surface area contributed by atoms with E-state index in [1.54, 1.807) is 6.07 Å². The fraction of sp³-hybridized carbons (Fsp3) is 0.538. The van der Waals surface area contributed by atoms with Crippen molar-refractivity contribution in [1.29, 1.82) is 10.5 Å². The number of unbranched alkanes of at least 4 members (excludes halogenated alkanes) is 3. The molecule has 1 unspecified atom stereocenters. The monoisotopic (exact) mass is 307 g/mol. The molecule has 0 rings (SSSR count). The molecule has 0 aromatic rings. The molecule has 0 heterocycles. The second-order valence-corrected chi connectivity index (χ2v) is 4.21. The molecule has 1 atom stereocenters. The van der Waals surface area contributed by atoms with Crippen LogP contribution in [0.3, 0.4) is 0 Å². The summed E-state index contributed by atoms with van der Waals surface area (Å²) in [4.78, 5) is 37.8. The molecule has 0 aromatic carbocycles. The number of imide groups is 1. The lowest BCUT2D eigenvalue weighted by Gasteiger charge is -2.04. The van der Waals surface area contributed by atoms with Gasteiger partial charge < -0.3 is 10.2 Å². The Balaban J connectivity index is 3.83. The fourth-order valence-electron chi connectivity index (χ4n) is 1.15. The van der Waals surface area contributed by atoms with Crippen LogP contribution in [-0.2, 0) is 14.4 Å². The molecule has 2 N–H and O–H groups in total. The third-order valence-electron chi connectivity index (χ3n) is 2.35. The van der Waals surface area contributed by atoms with E-state index in [-0.39, 0.29) is 0 Å². The van der Waals surface area contributed by atoms with Crippen LogP contribution < -0.4 is 10.6 Å². The number of hydrogen-bond acceptors (Lipinski definition) is 7. The molecule has 0 aliphatic heterocycles. The van der Waals surface area contributed by atoms with E-state index in [2.05, 4.69) is 15.3 Å². The molecule has 3 amide bonds. The van der Waals surface area contributed by atoms with Crippen LogP contribution in [0.1, 0.15) is 32.6 Å². The molecular formula is C13H17N5O4. The van der Waals surface area contributed by atoms with Crippen LogP contribution in [0.5, 0.6) is 0 Å². The van der Waals surface area contributed by atoms with E-state index in [9.17, 15) is 14.4 Å². The van der Waals surface area contributed by atoms with Crippen molar-refractivity contribution in [1.82, 2.24) is 10.6 Å². The highest BCUT2D eigenvalue weighted by Gasteiger charge is 2.13. The van der Waals surface area contributed by atoms with E-state index in [4.69, 9.17) is 10.5 Å². The molecule has 0 saturated carbocycles. The van der Waals surface area contributed by atoms with Crippen molar-refractivity contribution in [2.45, 2.75) is 32.6 Å². The normalized spacial score (nSPS) is 11.0. The number of rotatable bonds is 8. The zero-order valence-electron chi connectivity index (χ0n) is 12.2. The third kappa shape index (κ3) is 9.92. The molecule has 9 nitrogen and oxygen atoms in total. The molecule has 0 spiro atoms. The van der Waals surface area contributed by atoms with Crippen LogP contribution in [0.4, 0.5) is 4.79 Å². The quantitative estimate of drug-likeness (QED) is 0.290. The van der Waals surface area contributed by atoms with Gasteiger partial charge in [-0.15, -0.1) is 0 Å². The minimum absolute atomic E-state index is 0.371. The van der Waals surface area contributed by atoms with Gasteiger partial charge in [0.25, 0.3) is 5.91 Å². The van der Waals surface area contributed by atoms with Gasteiger partial charge in [0.1, 0.15) is 12.1 Å². The molecule has 9 heteroatoms. The molecule has 0 fully saturated rings. The molecular weight excluding hydrogens is 290 g/mol. The number of carbonyl (C=O) groups excluding carboxylic acids is 3. The number of nitriles is 2. The fourth-order valence-corrected chi connectivity index (χ4v) is 1.15. The largest absolute Gasteiger partial charge is 0.351 e. The van der Waals surface area contributed by atoms with Gasteiger partial charge in [-0.1, -0.05) is 11.6 Å². The van der Waals surface area contributed by atoms with Gasteiger partial charge in [-0.05, 0) is 19.8 Å². The van der Waals surface area contributed by atoms with Crippen molar-refractivity contribution < 1.29 is 19.2 Å². The minimum Gasteiger partial charge on any atom is -0.338 e. The van der Waals surface area contributed by atoms with Gasteiger partial charge in [0, 0.05) is 13.0 Å². The Labute approximate surface area is 127 Å². The topological polar surface area (TPSA) is 144 Å². The lowest BCUT2D eigenvalue weighted by molar-refractivity contribution is -0.145. The van der Waals surface area contributed by atoms with Gasteiger partial charge in [0.05, 0.1) is 12.1 Å². The Bertz CT molecular complexity index is 504. The summed E-state index contributed by atoms with van der Waals surface area (Å²) in [5, 5.41) is 24.2. The van der Waals surface area contributed by atoms with Crippen LogP contribution >= 0.6 is 0 Å². The number of urea groups is 1. The number of carbonyl (C=O) groups is 3. The molecule has 22 heavy (non-hydrogen) atoms. The van der Waals surface area contributed by atoms with Gasteiger partial charge in [0.15, 0.2) is 0 Å². The highest BCUT2D eigenvalue weighted by molar-refractivity contribution is 6.29. The zero-order chi connectivity index (χ0) is 16.8. The first kappa shape index (κ1) is 19.1. The smallest absolute Gasteiger partial charge is 0.338 e. The van der Waals surface area contributed by atoms with Gasteiger partial charge >= 0.3 is 12.0 Å². The molecule has 0 aromatic heterocycles. The average Bonchev–Trinajstić information content (AvgIpc) is 2.49. The van der Waals surface area contributed by atoms with Gasteiger partial charge in [-0.2, -0.15) is 10.5 Å². The van der Waals surface area contributed by atoms with Crippen molar-refractivity contribution in [3.63, 3.8) is 0 Å². The second-order valence-electron chi connectivity index (χ2n) is 4.21. The van der Waals surface area contributed by atoms with E-state index in [1.165, 1.54) is 6.92 Å². The summed E-state index contributed by atoms with van der Waals surface area (Å²) in [5.41, 5.74) is 0. The summed E-state index contributed by atoms with van der Waals surface area (Å²) in [6.07, 6.45) is 3.36. The summed E-state index contributed by atoms with van der Waals surface area (Å²) < 4.78 is 0. The van der Waals surface area contributed by atoms with Gasteiger partial charge in [-0.25, -0.2) is 9.59 Å². The molecule has 0 saturated heterocycles. The highest BCUT2D eigenvalue weighted by Crippen LogP contribution is 1.97. The first-order valence-corrected chi connectivity index (χ1v) is 6.60. The lowest BCUT2D eigenvalue weighted by atomic mass is 10.2. The van der Waals surface area contributed by atoms with Gasteiger partial charge in [0.2, 0.25) is 0 Å².